The summed E-state index contributed by atoms with van der Waals surface area (Å²) in [4.78, 5) is 29.0. The van der Waals surface area contributed by atoms with Gasteiger partial charge in [-0.1, -0.05) is 72.9 Å². The van der Waals surface area contributed by atoms with Crippen molar-refractivity contribution in [1.29, 1.82) is 0 Å². The van der Waals surface area contributed by atoms with E-state index in [4.69, 9.17) is 27.9 Å². The molecule has 0 bridgehead atoms. The summed E-state index contributed by atoms with van der Waals surface area (Å²) in [6.45, 7) is 6.91. The third-order valence-corrected chi connectivity index (χ3v) is 9.45. The van der Waals surface area contributed by atoms with E-state index in [1.165, 1.54) is 42.3 Å². The van der Waals surface area contributed by atoms with Crippen LogP contribution in [0.15, 0.2) is 71.6 Å². The van der Waals surface area contributed by atoms with Crippen LogP contribution in [0, 0.1) is 6.92 Å². The second-order valence-corrected chi connectivity index (χ2v) is 12.7. The molecule has 42 heavy (non-hydrogen) atoms. The fourth-order valence-corrected chi connectivity index (χ4v) is 6.20. The molecule has 0 aromatic heterocycles. The van der Waals surface area contributed by atoms with Crippen molar-refractivity contribution in [3.8, 4) is 5.75 Å². The first-order valence-corrected chi connectivity index (χ1v) is 15.9. The number of anilines is 1. The molecule has 3 aromatic rings. The normalized spacial score (nSPS) is 12.7. The summed E-state index contributed by atoms with van der Waals surface area (Å²) >= 11 is 12.8. The van der Waals surface area contributed by atoms with Crippen molar-refractivity contribution >= 4 is 50.7 Å². The van der Waals surface area contributed by atoms with Crippen LogP contribution in [0.2, 0.25) is 10.0 Å². The number of rotatable bonds is 13. The maximum Gasteiger partial charge on any atom is 0.264 e. The third kappa shape index (κ3) is 7.96. The van der Waals surface area contributed by atoms with E-state index in [2.05, 4.69) is 5.32 Å². The topological polar surface area (TPSA) is 96.0 Å². The Hall–Kier alpha value is -3.27. The van der Waals surface area contributed by atoms with Crippen molar-refractivity contribution in [3.63, 3.8) is 0 Å². The molecule has 0 aliphatic heterocycles. The lowest BCUT2D eigenvalue weighted by atomic mass is 10.1. The first-order chi connectivity index (χ1) is 19.9. The van der Waals surface area contributed by atoms with Gasteiger partial charge in [-0.25, -0.2) is 8.42 Å². The summed E-state index contributed by atoms with van der Waals surface area (Å²) in [6, 6.07) is 16.9. The predicted molar refractivity (Wildman–Crippen MR) is 168 cm³/mol. The number of ether oxygens (including phenoxy) is 1. The number of hydrogen-bond donors (Lipinski definition) is 1. The van der Waals surface area contributed by atoms with Gasteiger partial charge in [0.2, 0.25) is 11.8 Å². The average Bonchev–Trinajstić information content (AvgIpc) is 2.96. The van der Waals surface area contributed by atoms with Gasteiger partial charge in [0.15, 0.2) is 0 Å². The molecule has 0 radical (unpaired) electrons. The van der Waals surface area contributed by atoms with Gasteiger partial charge in [0.25, 0.3) is 10.0 Å². The van der Waals surface area contributed by atoms with Crippen molar-refractivity contribution in [2.24, 2.45) is 0 Å². The maximum atomic E-state index is 14.2. The van der Waals surface area contributed by atoms with Crippen LogP contribution in [0.3, 0.4) is 0 Å². The largest absolute Gasteiger partial charge is 0.495 e. The highest BCUT2D eigenvalue weighted by molar-refractivity contribution is 7.92. The molecule has 11 heteroatoms. The van der Waals surface area contributed by atoms with E-state index < -0.39 is 28.5 Å². The van der Waals surface area contributed by atoms with Crippen LogP contribution in [-0.2, 0) is 26.2 Å². The minimum atomic E-state index is -4.23. The van der Waals surface area contributed by atoms with E-state index in [-0.39, 0.29) is 34.1 Å². The van der Waals surface area contributed by atoms with Crippen LogP contribution in [-0.4, -0.2) is 50.9 Å². The average molecular weight is 635 g/mol. The Morgan fingerprint density at radius 3 is 2.19 bits per heavy atom. The smallest absolute Gasteiger partial charge is 0.264 e. The fraction of sp³-hybridized carbons (Fsp3) is 0.355. The molecular formula is C31H37Cl2N3O5S. The van der Waals surface area contributed by atoms with Crippen molar-refractivity contribution in [3.05, 3.63) is 87.9 Å². The van der Waals surface area contributed by atoms with Crippen molar-refractivity contribution in [1.82, 2.24) is 10.2 Å². The third-order valence-electron chi connectivity index (χ3n) is 7.00. The molecule has 0 spiro atoms. The zero-order valence-corrected chi connectivity index (χ0v) is 26.8. The number of aryl methyl sites for hydroxylation is 1. The Balaban J connectivity index is 2.11. The summed E-state index contributed by atoms with van der Waals surface area (Å²) in [6.07, 6.45) is 1.01. The lowest BCUT2D eigenvalue weighted by molar-refractivity contribution is -0.140. The Labute approximate surface area is 258 Å². The summed E-state index contributed by atoms with van der Waals surface area (Å²) < 4.78 is 34.3. The maximum absolute atomic E-state index is 14.2. The standard InChI is InChI=1S/C31H37Cl2N3O5S/c1-6-22(4)34-31(38)28(7-2)35(19-23-10-8-9-11-26(23)32)30(37)20-36(24-14-17-29(41-5)27(33)18-24)42(39,40)25-15-12-21(3)13-16-25/h8-18,22,28H,6-7,19-20H2,1-5H3,(H,34,38). The molecule has 226 valence electrons. The van der Waals surface area contributed by atoms with E-state index in [1.54, 1.807) is 43.3 Å². The van der Waals surface area contributed by atoms with Gasteiger partial charge in [0.1, 0.15) is 18.3 Å². The number of carbonyl (C=O) groups is 2. The highest BCUT2D eigenvalue weighted by Crippen LogP contribution is 2.32. The Bertz CT molecular complexity index is 1500. The summed E-state index contributed by atoms with van der Waals surface area (Å²) in [5.74, 6) is -0.552. The Morgan fingerprint density at radius 2 is 1.62 bits per heavy atom. The number of amides is 2. The second kappa shape index (κ2) is 14.8. The lowest BCUT2D eigenvalue weighted by Crippen LogP contribution is -2.53. The van der Waals surface area contributed by atoms with Crippen LogP contribution in [0.4, 0.5) is 5.69 Å². The molecule has 3 aromatic carbocycles. The van der Waals surface area contributed by atoms with Crippen LogP contribution >= 0.6 is 23.2 Å². The van der Waals surface area contributed by atoms with E-state index in [0.717, 1.165) is 9.87 Å². The SMILES string of the molecule is CCC(C)NC(=O)C(CC)N(Cc1ccccc1Cl)C(=O)CN(c1ccc(OC)c(Cl)c1)S(=O)(=O)c1ccc(C)cc1. The molecule has 0 heterocycles. The number of halogens is 2. The number of benzene rings is 3. The number of hydrogen-bond acceptors (Lipinski definition) is 5. The van der Waals surface area contributed by atoms with Crippen molar-refractivity contribution in [2.45, 2.75) is 64.1 Å². The minimum Gasteiger partial charge on any atom is -0.495 e. The number of sulfonamides is 1. The molecule has 0 saturated carbocycles. The highest BCUT2D eigenvalue weighted by Gasteiger charge is 2.34. The van der Waals surface area contributed by atoms with E-state index >= 15 is 0 Å². The first kappa shape index (κ1) is 33.2. The van der Waals surface area contributed by atoms with Gasteiger partial charge in [-0.15, -0.1) is 0 Å². The summed E-state index contributed by atoms with van der Waals surface area (Å²) in [7, 11) is -2.78. The predicted octanol–water partition coefficient (Wildman–Crippen LogP) is 6.23. The lowest BCUT2D eigenvalue weighted by Gasteiger charge is -2.34. The first-order valence-electron chi connectivity index (χ1n) is 13.7. The van der Waals surface area contributed by atoms with Gasteiger partial charge >= 0.3 is 0 Å². The Morgan fingerprint density at radius 1 is 0.952 bits per heavy atom. The second-order valence-electron chi connectivity index (χ2n) is 10.00. The monoisotopic (exact) mass is 633 g/mol. The zero-order valence-electron chi connectivity index (χ0n) is 24.4. The zero-order chi connectivity index (χ0) is 31.0. The van der Waals surface area contributed by atoms with Gasteiger partial charge in [-0.05, 0) is 68.7 Å². The van der Waals surface area contributed by atoms with Gasteiger partial charge in [-0.2, -0.15) is 0 Å². The van der Waals surface area contributed by atoms with Gasteiger partial charge < -0.3 is 15.0 Å². The molecular weight excluding hydrogens is 597 g/mol. The van der Waals surface area contributed by atoms with Gasteiger partial charge in [0, 0.05) is 17.6 Å². The molecule has 1 N–H and O–H groups in total. The minimum absolute atomic E-state index is 0.00653. The molecule has 3 rings (SSSR count). The molecule has 8 nitrogen and oxygen atoms in total. The molecule has 2 amide bonds. The molecule has 2 unspecified atom stereocenters. The number of nitrogens with zero attached hydrogens (tertiary/aromatic N) is 2. The summed E-state index contributed by atoms with van der Waals surface area (Å²) in [5, 5.41) is 3.56. The van der Waals surface area contributed by atoms with Gasteiger partial charge in [-0.3, -0.25) is 13.9 Å². The number of methoxy groups -OCH3 is 1. The Kier molecular flexibility index (Phi) is 11.7. The van der Waals surface area contributed by atoms with Crippen molar-refractivity contribution in [2.75, 3.05) is 18.0 Å². The van der Waals surface area contributed by atoms with Crippen LogP contribution in [0.25, 0.3) is 0 Å². The van der Waals surface area contributed by atoms with Gasteiger partial charge in [0.05, 0.1) is 22.7 Å². The number of carbonyl (C=O) groups excluding carboxylic acids is 2. The van der Waals surface area contributed by atoms with Crippen LogP contribution in [0.1, 0.15) is 44.7 Å². The number of nitrogens with one attached hydrogen (secondary N) is 1. The van der Waals surface area contributed by atoms with E-state index in [0.29, 0.717) is 29.2 Å². The van der Waals surface area contributed by atoms with Crippen LogP contribution < -0.4 is 14.4 Å². The van der Waals surface area contributed by atoms with E-state index in [1.807, 2.05) is 20.8 Å². The molecule has 0 fully saturated rings. The summed E-state index contributed by atoms with van der Waals surface area (Å²) in [5.41, 5.74) is 1.68. The van der Waals surface area contributed by atoms with E-state index in [9.17, 15) is 18.0 Å². The molecule has 2 atom stereocenters. The molecule has 0 aliphatic rings. The van der Waals surface area contributed by atoms with Crippen LogP contribution in [0.5, 0.6) is 5.75 Å². The molecule has 0 aliphatic carbocycles. The highest BCUT2D eigenvalue weighted by atomic mass is 35.5. The van der Waals surface area contributed by atoms with Crippen molar-refractivity contribution < 1.29 is 22.7 Å². The molecule has 0 saturated heterocycles. The quantitative estimate of drug-likeness (QED) is 0.241. The fourth-order valence-electron chi connectivity index (χ4n) is 4.35.